The molecule has 0 aliphatic carbocycles. The van der Waals surface area contributed by atoms with Crippen molar-refractivity contribution in [2.45, 2.75) is 51.4 Å². The second-order valence-electron chi connectivity index (χ2n) is 7.09. The van der Waals surface area contributed by atoms with Crippen LogP contribution in [0.1, 0.15) is 46.8 Å². The summed E-state index contributed by atoms with van der Waals surface area (Å²) in [5.41, 5.74) is 3.33. The van der Waals surface area contributed by atoms with E-state index in [2.05, 4.69) is 0 Å². The number of aryl methyl sites for hydroxylation is 2. The maximum absolute atomic E-state index is 14.2. The summed E-state index contributed by atoms with van der Waals surface area (Å²) in [7, 11) is 0. The molecule has 3 rings (SSSR count). The number of aliphatic hydroxyl groups is 2. The van der Waals surface area contributed by atoms with Gasteiger partial charge in [-0.2, -0.15) is 0 Å². The third kappa shape index (κ3) is 3.95. The topological polar surface area (TPSA) is 49.7 Å². The molecule has 3 unspecified atom stereocenters. The molecule has 1 aliphatic rings. The van der Waals surface area contributed by atoms with Gasteiger partial charge in [0.05, 0.1) is 24.9 Å². The summed E-state index contributed by atoms with van der Waals surface area (Å²) in [4.78, 5) is 0. The summed E-state index contributed by atoms with van der Waals surface area (Å²) in [5.74, 6) is -1.61. The molecule has 0 amide bonds. The van der Waals surface area contributed by atoms with Crippen molar-refractivity contribution < 1.29 is 23.7 Å². The smallest absolute Gasteiger partial charge is 0.162 e. The molecule has 0 aromatic heterocycles. The Morgan fingerprint density at radius 3 is 2.46 bits per heavy atom. The fraction of sp³-hybridized carbons (Fsp3) is 0.429. The first-order valence-corrected chi connectivity index (χ1v) is 8.86. The summed E-state index contributed by atoms with van der Waals surface area (Å²) in [6, 6.07) is 8.96. The molecule has 0 saturated carbocycles. The number of ether oxygens (including phenoxy) is 1. The quantitative estimate of drug-likeness (QED) is 0.871. The zero-order valence-corrected chi connectivity index (χ0v) is 15.0. The predicted octanol–water partition coefficient (Wildman–Crippen LogP) is 3.75. The van der Waals surface area contributed by atoms with Gasteiger partial charge in [0.15, 0.2) is 11.6 Å². The molecule has 1 saturated heterocycles. The molecule has 2 aromatic carbocycles. The minimum atomic E-state index is -0.806. The van der Waals surface area contributed by atoms with Crippen LogP contribution in [0, 0.1) is 25.5 Å². The SMILES string of the molecule is Cc1ccc(C2CC(O)CC(CO)O2)cc1Cc1ccc(C)c(F)c1F. The van der Waals surface area contributed by atoms with E-state index in [1.54, 1.807) is 12.1 Å². The van der Waals surface area contributed by atoms with Crippen LogP contribution >= 0.6 is 0 Å². The van der Waals surface area contributed by atoms with Crippen LogP contribution in [0.5, 0.6) is 0 Å². The highest BCUT2D eigenvalue weighted by atomic mass is 19.2. The zero-order valence-electron chi connectivity index (χ0n) is 15.0. The van der Waals surface area contributed by atoms with Crippen LogP contribution in [-0.2, 0) is 11.2 Å². The van der Waals surface area contributed by atoms with E-state index in [9.17, 15) is 19.0 Å². The molecular weight excluding hydrogens is 338 g/mol. The van der Waals surface area contributed by atoms with E-state index >= 15 is 0 Å². The molecule has 0 spiro atoms. The molecule has 1 heterocycles. The summed E-state index contributed by atoms with van der Waals surface area (Å²) in [6.45, 7) is 3.33. The van der Waals surface area contributed by atoms with E-state index in [-0.39, 0.29) is 24.7 Å². The maximum Gasteiger partial charge on any atom is 0.162 e. The lowest BCUT2D eigenvalue weighted by molar-refractivity contribution is -0.113. The van der Waals surface area contributed by atoms with Crippen LogP contribution in [0.15, 0.2) is 30.3 Å². The number of hydrogen-bond donors (Lipinski definition) is 2. The van der Waals surface area contributed by atoms with E-state index in [1.807, 2.05) is 25.1 Å². The molecule has 3 nitrogen and oxygen atoms in total. The van der Waals surface area contributed by atoms with Gasteiger partial charge >= 0.3 is 0 Å². The highest BCUT2D eigenvalue weighted by molar-refractivity contribution is 5.38. The van der Waals surface area contributed by atoms with Crippen molar-refractivity contribution in [2.24, 2.45) is 0 Å². The minimum absolute atomic E-state index is 0.139. The summed E-state index contributed by atoms with van der Waals surface area (Å²) >= 11 is 0. The first kappa shape index (κ1) is 19.0. The lowest BCUT2D eigenvalue weighted by Crippen LogP contribution is -2.33. The largest absolute Gasteiger partial charge is 0.394 e. The first-order valence-electron chi connectivity index (χ1n) is 8.86. The summed E-state index contributed by atoms with van der Waals surface area (Å²) in [6.07, 6.45) is -0.0978. The van der Waals surface area contributed by atoms with Crippen molar-refractivity contribution >= 4 is 0 Å². The molecule has 0 bridgehead atoms. The van der Waals surface area contributed by atoms with Crippen molar-refractivity contribution in [2.75, 3.05) is 6.61 Å². The standard InChI is InChI=1S/C21H24F2O3/c1-12-3-5-14(19-10-17(25)9-18(11-24)26-19)7-16(12)8-15-6-4-13(2)20(22)21(15)23/h3-7,17-19,24-25H,8-11H2,1-2H3. The van der Waals surface area contributed by atoms with Gasteiger partial charge in [0, 0.05) is 19.3 Å². The van der Waals surface area contributed by atoms with Crippen LogP contribution in [0.25, 0.3) is 0 Å². The zero-order chi connectivity index (χ0) is 18.8. The molecule has 2 aromatic rings. The maximum atomic E-state index is 14.2. The van der Waals surface area contributed by atoms with Crippen LogP contribution in [0.3, 0.4) is 0 Å². The fourth-order valence-electron chi connectivity index (χ4n) is 3.43. The van der Waals surface area contributed by atoms with E-state index in [0.29, 0.717) is 18.4 Å². The normalized spacial score (nSPS) is 23.2. The minimum Gasteiger partial charge on any atom is -0.394 e. The third-order valence-electron chi connectivity index (χ3n) is 5.06. The number of hydrogen-bond acceptors (Lipinski definition) is 3. The van der Waals surface area contributed by atoms with Crippen molar-refractivity contribution in [3.8, 4) is 0 Å². The second kappa shape index (κ2) is 7.82. The fourth-order valence-corrected chi connectivity index (χ4v) is 3.43. The Morgan fingerprint density at radius 2 is 1.73 bits per heavy atom. The van der Waals surface area contributed by atoms with E-state index in [1.165, 1.54) is 6.92 Å². The average molecular weight is 362 g/mol. The highest BCUT2D eigenvalue weighted by Gasteiger charge is 2.29. The molecule has 3 atom stereocenters. The van der Waals surface area contributed by atoms with Gasteiger partial charge in [-0.15, -0.1) is 0 Å². The van der Waals surface area contributed by atoms with Crippen molar-refractivity contribution in [1.82, 2.24) is 0 Å². The third-order valence-corrected chi connectivity index (χ3v) is 5.06. The number of rotatable bonds is 4. The first-order chi connectivity index (χ1) is 12.4. The molecule has 2 N–H and O–H groups in total. The van der Waals surface area contributed by atoms with Gasteiger partial charge in [-0.1, -0.05) is 30.3 Å². The second-order valence-corrected chi connectivity index (χ2v) is 7.09. The molecular formula is C21H24F2O3. The summed E-state index contributed by atoms with van der Waals surface area (Å²) in [5, 5.41) is 19.3. The Bertz CT molecular complexity index is 791. The van der Waals surface area contributed by atoms with E-state index in [0.717, 1.165) is 16.7 Å². The van der Waals surface area contributed by atoms with Gasteiger partial charge in [-0.05, 0) is 41.7 Å². The van der Waals surface area contributed by atoms with Crippen molar-refractivity contribution in [1.29, 1.82) is 0 Å². The highest BCUT2D eigenvalue weighted by Crippen LogP contribution is 2.33. The van der Waals surface area contributed by atoms with Gasteiger partial charge in [-0.3, -0.25) is 0 Å². The molecule has 140 valence electrons. The average Bonchev–Trinajstić information content (AvgIpc) is 2.63. The summed E-state index contributed by atoms with van der Waals surface area (Å²) < 4.78 is 33.9. The monoisotopic (exact) mass is 362 g/mol. The molecule has 1 aliphatic heterocycles. The number of halogens is 2. The Balaban J connectivity index is 1.88. The molecule has 1 fully saturated rings. The van der Waals surface area contributed by atoms with E-state index in [4.69, 9.17) is 4.74 Å². The number of benzene rings is 2. The Morgan fingerprint density at radius 1 is 1.00 bits per heavy atom. The van der Waals surface area contributed by atoms with Crippen LogP contribution in [0.4, 0.5) is 8.78 Å². The Kier molecular flexibility index (Phi) is 5.70. The van der Waals surface area contributed by atoms with Crippen LogP contribution < -0.4 is 0 Å². The number of aliphatic hydroxyl groups excluding tert-OH is 2. The van der Waals surface area contributed by atoms with Gasteiger partial charge in [0.1, 0.15) is 0 Å². The lowest BCUT2D eigenvalue weighted by atomic mass is 9.92. The van der Waals surface area contributed by atoms with Gasteiger partial charge in [0.25, 0.3) is 0 Å². The lowest BCUT2D eigenvalue weighted by Gasteiger charge is -2.32. The van der Waals surface area contributed by atoms with Crippen LogP contribution in [-0.4, -0.2) is 29.0 Å². The molecule has 26 heavy (non-hydrogen) atoms. The van der Waals surface area contributed by atoms with Crippen LogP contribution in [0.2, 0.25) is 0 Å². The van der Waals surface area contributed by atoms with Gasteiger partial charge in [-0.25, -0.2) is 8.78 Å². The van der Waals surface area contributed by atoms with Gasteiger partial charge < -0.3 is 14.9 Å². The van der Waals surface area contributed by atoms with Gasteiger partial charge in [0.2, 0.25) is 0 Å². The predicted molar refractivity (Wildman–Crippen MR) is 95.0 cm³/mol. The van der Waals surface area contributed by atoms with Crippen molar-refractivity contribution in [3.63, 3.8) is 0 Å². The molecule has 5 heteroatoms. The van der Waals surface area contributed by atoms with Crippen molar-refractivity contribution in [3.05, 3.63) is 69.8 Å². The van der Waals surface area contributed by atoms with E-state index < -0.39 is 23.8 Å². The Labute approximate surface area is 152 Å². The Hall–Kier alpha value is -1.82. The molecule has 0 radical (unpaired) electrons.